The predicted octanol–water partition coefficient (Wildman–Crippen LogP) is 1.12. The second-order valence-corrected chi connectivity index (χ2v) is 4.10. The van der Waals surface area contributed by atoms with Crippen molar-refractivity contribution in [2.24, 2.45) is 5.92 Å². The fourth-order valence-electron chi connectivity index (χ4n) is 2.11. The zero-order valence-corrected chi connectivity index (χ0v) is 10.0. The van der Waals surface area contributed by atoms with E-state index in [0.29, 0.717) is 12.0 Å². The second kappa shape index (κ2) is 6.99. The summed E-state index contributed by atoms with van der Waals surface area (Å²) < 4.78 is 5.53. The lowest BCUT2D eigenvalue weighted by Gasteiger charge is -2.25. The van der Waals surface area contributed by atoms with E-state index >= 15 is 0 Å². The van der Waals surface area contributed by atoms with E-state index in [1.54, 1.807) is 0 Å². The van der Waals surface area contributed by atoms with Gasteiger partial charge in [-0.25, -0.2) is 0 Å². The molecule has 1 N–H and O–H groups in total. The summed E-state index contributed by atoms with van der Waals surface area (Å²) in [5.41, 5.74) is 0. The summed E-state index contributed by atoms with van der Waals surface area (Å²) in [7, 11) is 0. The van der Waals surface area contributed by atoms with Crippen LogP contribution in [0.1, 0.15) is 13.8 Å². The molecule has 1 heterocycles. The van der Waals surface area contributed by atoms with Gasteiger partial charge in [0.25, 0.3) is 0 Å². The van der Waals surface area contributed by atoms with Crippen molar-refractivity contribution in [3.63, 3.8) is 0 Å². The van der Waals surface area contributed by atoms with Gasteiger partial charge in [-0.3, -0.25) is 4.90 Å². The van der Waals surface area contributed by atoms with Gasteiger partial charge in [0.05, 0.1) is 13.2 Å². The van der Waals surface area contributed by atoms with E-state index in [1.807, 2.05) is 6.08 Å². The summed E-state index contributed by atoms with van der Waals surface area (Å²) in [4.78, 5) is 2.41. The van der Waals surface area contributed by atoms with Crippen LogP contribution in [0.2, 0.25) is 0 Å². The average molecular weight is 212 g/mol. The van der Waals surface area contributed by atoms with Crippen LogP contribution in [-0.2, 0) is 4.74 Å². The van der Waals surface area contributed by atoms with Gasteiger partial charge in [-0.15, -0.1) is 6.58 Å². The van der Waals surface area contributed by atoms with Gasteiger partial charge in [0.1, 0.15) is 0 Å². The fourth-order valence-corrected chi connectivity index (χ4v) is 2.11. The van der Waals surface area contributed by atoms with Crippen LogP contribution in [-0.4, -0.2) is 50.3 Å². The lowest BCUT2D eigenvalue weighted by atomic mass is 10.0. The number of likely N-dealkylation sites (N-methyl/N-ethyl adjacent to an activating group) is 2. The summed E-state index contributed by atoms with van der Waals surface area (Å²) >= 11 is 0. The van der Waals surface area contributed by atoms with Crippen LogP contribution in [0.4, 0.5) is 0 Å². The molecule has 1 saturated heterocycles. The Hall–Kier alpha value is -0.380. The zero-order chi connectivity index (χ0) is 11.1. The van der Waals surface area contributed by atoms with Crippen LogP contribution < -0.4 is 5.32 Å². The first kappa shape index (κ1) is 12.7. The Morgan fingerprint density at radius 2 is 2.27 bits per heavy atom. The number of rotatable bonds is 7. The van der Waals surface area contributed by atoms with Crippen molar-refractivity contribution >= 4 is 0 Å². The molecule has 3 heteroatoms. The van der Waals surface area contributed by atoms with Crippen molar-refractivity contribution in [3.05, 3.63) is 12.7 Å². The van der Waals surface area contributed by atoms with Gasteiger partial charge in [-0.2, -0.15) is 0 Å². The number of nitrogens with one attached hydrogen (secondary N) is 1. The van der Waals surface area contributed by atoms with Crippen LogP contribution >= 0.6 is 0 Å². The van der Waals surface area contributed by atoms with Crippen LogP contribution in [0.5, 0.6) is 0 Å². The third kappa shape index (κ3) is 3.93. The molecule has 0 amide bonds. The van der Waals surface area contributed by atoms with Gasteiger partial charge in [0.15, 0.2) is 0 Å². The summed E-state index contributed by atoms with van der Waals surface area (Å²) in [6.07, 6.45) is 1.97. The molecule has 0 spiro atoms. The van der Waals surface area contributed by atoms with Crippen molar-refractivity contribution in [1.82, 2.24) is 10.2 Å². The quantitative estimate of drug-likeness (QED) is 0.640. The average Bonchev–Trinajstić information content (AvgIpc) is 2.66. The molecule has 2 unspecified atom stereocenters. The highest BCUT2D eigenvalue weighted by Crippen LogP contribution is 2.15. The smallest absolute Gasteiger partial charge is 0.0623 e. The molecule has 0 bridgehead atoms. The molecule has 1 rings (SSSR count). The molecule has 88 valence electrons. The minimum Gasteiger partial charge on any atom is -0.379 e. The lowest BCUT2D eigenvalue weighted by molar-refractivity contribution is 0.172. The lowest BCUT2D eigenvalue weighted by Crippen LogP contribution is -2.41. The van der Waals surface area contributed by atoms with Crippen LogP contribution in [0.3, 0.4) is 0 Å². The van der Waals surface area contributed by atoms with E-state index in [9.17, 15) is 0 Å². The van der Waals surface area contributed by atoms with Crippen LogP contribution in [0.15, 0.2) is 12.7 Å². The largest absolute Gasteiger partial charge is 0.379 e. The molecule has 0 radical (unpaired) electrons. The molecular formula is C12H24N2O. The summed E-state index contributed by atoms with van der Waals surface area (Å²) in [6.45, 7) is 14.1. The van der Waals surface area contributed by atoms with E-state index in [0.717, 1.165) is 39.4 Å². The fraction of sp³-hybridized carbons (Fsp3) is 0.833. The van der Waals surface area contributed by atoms with E-state index in [-0.39, 0.29) is 0 Å². The normalized spacial score (nSPS) is 26.1. The molecule has 0 aromatic rings. The van der Waals surface area contributed by atoms with Gasteiger partial charge in [-0.05, 0) is 13.1 Å². The van der Waals surface area contributed by atoms with Gasteiger partial charge in [-0.1, -0.05) is 19.9 Å². The Kier molecular flexibility index (Phi) is 5.91. The third-order valence-corrected chi connectivity index (χ3v) is 2.99. The van der Waals surface area contributed by atoms with Crippen LogP contribution in [0, 0.1) is 5.92 Å². The first-order chi connectivity index (χ1) is 7.31. The van der Waals surface area contributed by atoms with Gasteiger partial charge in [0.2, 0.25) is 0 Å². The van der Waals surface area contributed by atoms with Crippen molar-refractivity contribution in [2.75, 3.05) is 39.4 Å². The Morgan fingerprint density at radius 3 is 2.87 bits per heavy atom. The minimum absolute atomic E-state index is 0.536. The summed E-state index contributed by atoms with van der Waals surface area (Å²) in [6, 6.07) is 0.536. The van der Waals surface area contributed by atoms with Crippen molar-refractivity contribution in [2.45, 2.75) is 19.9 Å². The van der Waals surface area contributed by atoms with Gasteiger partial charge in [0, 0.05) is 25.0 Å². The third-order valence-electron chi connectivity index (χ3n) is 2.99. The van der Waals surface area contributed by atoms with E-state index < -0.39 is 0 Å². The summed E-state index contributed by atoms with van der Waals surface area (Å²) in [5.74, 6) is 0.629. The highest BCUT2D eigenvalue weighted by atomic mass is 16.5. The number of hydrogen-bond acceptors (Lipinski definition) is 3. The Labute approximate surface area is 93.5 Å². The Morgan fingerprint density at radius 1 is 1.47 bits per heavy atom. The standard InChI is InChI=1S/C12H24N2O/c1-4-7-14(6-3)8-11-9-15-10-12(11)13-5-2/h4,11-13H,1,5-10H2,2-3H3. The Bertz CT molecular complexity index is 184. The number of ether oxygens (including phenoxy) is 1. The number of hydrogen-bond donors (Lipinski definition) is 1. The molecule has 15 heavy (non-hydrogen) atoms. The van der Waals surface area contributed by atoms with Crippen LogP contribution in [0.25, 0.3) is 0 Å². The monoisotopic (exact) mass is 212 g/mol. The van der Waals surface area contributed by atoms with Crippen molar-refractivity contribution in [3.8, 4) is 0 Å². The van der Waals surface area contributed by atoms with Gasteiger partial charge >= 0.3 is 0 Å². The first-order valence-corrected chi connectivity index (χ1v) is 5.96. The molecule has 2 atom stereocenters. The Balaban J connectivity index is 2.37. The molecule has 1 fully saturated rings. The van der Waals surface area contributed by atoms with Gasteiger partial charge < -0.3 is 10.1 Å². The molecule has 0 aromatic carbocycles. The molecule has 0 saturated carbocycles. The first-order valence-electron chi connectivity index (χ1n) is 5.96. The predicted molar refractivity (Wildman–Crippen MR) is 64.1 cm³/mol. The minimum atomic E-state index is 0.536. The summed E-state index contributed by atoms with van der Waals surface area (Å²) in [5, 5.41) is 3.49. The van der Waals surface area contributed by atoms with E-state index in [4.69, 9.17) is 4.74 Å². The highest BCUT2D eigenvalue weighted by Gasteiger charge is 2.28. The van der Waals surface area contributed by atoms with E-state index in [1.165, 1.54) is 0 Å². The van der Waals surface area contributed by atoms with Crippen molar-refractivity contribution in [1.29, 1.82) is 0 Å². The zero-order valence-electron chi connectivity index (χ0n) is 10.0. The van der Waals surface area contributed by atoms with Crippen molar-refractivity contribution < 1.29 is 4.74 Å². The molecule has 0 aliphatic carbocycles. The molecular weight excluding hydrogens is 188 g/mol. The maximum atomic E-state index is 5.53. The topological polar surface area (TPSA) is 24.5 Å². The van der Waals surface area contributed by atoms with E-state index in [2.05, 4.69) is 30.6 Å². The molecule has 1 aliphatic heterocycles. The number of nitrogens with zero attached hydrogens (tertiary/aromatic N) is 1. The second-order valence-electron chi connectivity index (χ2n) is 4.10. The maximum Gasteiger partial charge on any atom is 0.0623 e. The molecule has 3 nitrogen and oxygen atoms in total. The SMILES string of the molecule is C=CCN(CC)CC1COCC1NCC. The highest BCUT2D eigenvalue weighted by molar-refractivity contribution is 4.84. The maximum absolute atomic E-state index is 5.53. The molecule has 0 aromatic heterocycles. The molecule has 1 aliphatic rings.